The third kappa shape index (κ3) is 3.59. The molecule has 0 unspecified atom stereocenters. The minimum atomic E-state index is 0.0623. The molecule has 4 heteroatoms. The maximum Gasteiger partial charge on any atom is 0.243 e. The van der Waals surface area contributed by atoms with Crippen molar-refractivity contribution in [1.82, 2.24) is 0 Å². The summed E-state index contributed by atoms with van der Waals surface area (Å²) in [5.41, 5.74) is 4.59. The highest BCUT2D eigenvalue weighted by Crippen LogP contribution is 2.34. The predicted octanol–water partition coefficient (Wildman–Crippen LogP) is 4.36. The third-order valence-corrected chi connectivity index (χ3v) is 5.47. The fraction of sp³-hybridized carbons (Fsp3) is 0.350. The number of thioether (sulfide) groups is 1. The Labute approximate surface area is 148 Å². The van der Waals surface area contributed by atoms with Gasteiger partial charge in [0, 0.05) is 22.9 Å². The van der Waals surface area contributed by atoms with Crippen molar-refractivity contribution in [3.8, 4) is 0 Å². The molecule has 1 aliphatic rings. The van der Waals surface area contributed by atoms with Crippen LogP contribution in [0.5, 0.6) is 0 Å². The number of anilines is 2. The van der Waals surface area contributed by atoms with Crippen LogP contribution in [0, 0.1) is 0 Å². The molecule has 0 bridgehead atoms. The van der Waals surface area contributed by atoms with Crippen LogP contribution in [0.2, 0.25) is 0 Å². The van der Waals surface area contributed by atoms with Crippen LogP contribution in [-0.2, 0) is 17.6 Å². The summed E-state index contributed by atoms with van der Waals surface area (Å²) in [4.78, 5) is 16.1. The highest BCUT2D eigenvalue weighted by molar-refractivity contribution is 7.99. The Hall–Kier alpha value is -1.94. The Balaban J connectivity index is 1.76. The van der Waals surface area contributed by atoms with Gasteiger partial charge in [-0.3, -0.25) is 4.79 Å². The van der Waals surface area contributed by atoms with Gasteiger partial charge in [-0.15, -0.1) is 11.8 Å². The molecule has 0 spiro atoms. The van der Waals surface area contributed by atoms with E-state index in [1.54, 1.807) is 0 Å². The Morgan fingerprint density at radius 2 is 1.79 bits per heavy atom. The number of para-hydroxylation sites is 2. The van der Waals surface area contributed by atoms with Gasteiger partial charge >= 0.3 is 0 Å². The average molecular weight is 340 g/mol. The summed E-state index contributed by atoms with van der Waals surface area (Å²) in [5.74, 6) is 1.09. The number of fused-ring (bicyclic) bond motifs is 1. The maximum atomic E-state index is 12.7. The van der Waals surface area contributed by atoms with Crippen molar-refractivity contribution in [3.05, 3.63) is 53.6 Å². The summed E-state index contributed by atoms with van der Waals surface area (Å²) in [6, 6.07) is 14.6. The molecule has 1 N–H and O–H groups in total. The van der Waals surface area contributed by atoms with Crippen LogP contribution in [0.15, 0.2) is 47.4 Å². The van der Waals surface area contributed by atoms with E-state index in [4.69, 9.17) is 0 Å². The van der Waals surface area contributed by atoms with Gasteiger partial charge in [-0.2, -0.15) is 0 Å². The van der Waals surface area contributed by atoms with E-state index in [0.29, 0.717) is 6.54 Å². The zero-order chi connectivity index (χ0) is 16.9. The number of hydrogen-bond donors (Lipinski definition) is 1. The molecule has 0 radical (unpaired) electrons. The summed E-state index contributed by atoms with van der Waals surface area (Å²) in [7, 11) is 0. The predicted molar refractivity (Wildman–Crippen MR) is 103 cm³/mol. The molecule has 3 nitrogen and oxygen atoms in total. The third-order valence-electron chi connectivity index (χ3n) is 4.42. The lowest BCUT2D eigenvalue weighted by Gasteiger charge is -2.30. The van der Waals surface area contributed by atoms with Gasteiger partial charge in [0.25, 0.3) is 0 Å². The number of benzene rings is 2. The first-order chi connectivity index (χ1) is 11.7. The lowest BCUT2D eigenvalue weighted by atomic mass is 10.0. The number of carbonyl (C=O) groups is 1. The van der Waals surface area contributed by atoms with E-state index < -0.39 is 0 Å². The van der Waals surface area contributed by atoms with Crippen molar-refractivity contribution in [3.63, 3.8) is 0 Å². The number of amides is 1. The van der Waals surface area contributed by atoms with Gasteiger partial charge < -0.3 is 10.2 Å². The molecular weight excluding hydrogens is 316 g/mol. The van der Waals surface area contributed by atoms with Gasteiger partial charge in [-0.05, 0) is 36.1 Å². The molecule has 2 aromatic carbocycles. The van der Waals surface area contributed by atoms with Crippen molar-refractivity contribution in [1.29, 1.82) is 0 Å². The van der Waals surface area contributed by atoms with Crippen LogP contribution in [0.3, 0.4) is 0 Å². The molecular formula is C20H24N2OS. The second-order valence-electron chi connectivity index (χ2n) is 5.94. The van der Waals surface area contributed by atoms with Crippen LogP contribution in [0.1, 0.15) is 25.0 Å². The SMILES string of the molecule is CCc1cccc(CC)c1NC(=O)CN1CCSc2ccccc21. The Bertz CT molecular complexity index is 707. The summed E-state index contributed by atoms with van der Waals surface area (Å²) in [6.07, 6.45) is 1.85. The highest BCUT2D eigenvalue weighted by atomic mass is 32.2. The first-order valence-electron chi connectivity index (χ1n) is 8.60. The number of rotatable bonds is 5. The quantitative estimate of drug-likeness (QED) is 0.877. The second-order valence-corrected chi connectivity index (χ2v) is 7.08. The summed E-state index contributed by atoms with van der Waals surface area (Å²) in [5, 5.41) is 3.17. The zero-order valence-electron chi connectivity index (χ0n) is 14.3. The molecule has 1 heterocycles. The van der Waals surface area contributed by atoms with Gasteiger partial charge in [0.1, 0.15) is 0 Å². The van der Waals surface area contributed by atoms with E-state index >= 15 is 0 Å². The first-order valence-corrected chi connectivity index (χ1v) is 9.58. The van der Waals surface area contributed by atoms with Crippen molar-refractivity contribution >= 4 is 29.0 Å². The number of carbonyl (C=O) groups excluding carboxylic acids is 1. The van der Waals surface area contributed by atoms with E-state index in [0.717, 1.165) is 30.8 Å². The largest absolute Gasteiger partial charge is 0.360 e. The first kappa shape index (κ1) is 16.9. The number of hydrogen-bond acceptors (Lipinski definition) is 3. The Kier molecular flexibility index (Phi) is 5.46. The molecule has 2 aromatic rings. The van der Waals surface area contributed by atoms with Crippen molar-refractivity contribution in [2.75, 3.05) is 29.1 Å². The van der Waals surface area contributed by atoms with Gasteiger partial charge in [0.05, 0.1) is 12.2 Å². The molecule has 126 valence electrons. The van der Waals surface area contributed by atoms with E-state index in [-0.39, 0.29) is 5.91 Å². The van der Waals surface area contributed by atoms with Crippen LogP contribution >= 0.6 is 11.8 Å². The van der Waals surface area contributed by atoms with Crippen molar-refractivity contribution < 1.29 is 4.79 Å². The summed E-state index contributed by atoms with van der Waals surface area (Å²) in [6.45, 7) is 5.56. The lowest BCUT2D eigenvalue weighted by molar-refractivity contribution is -0.115. The van der Waals surface area contributed by atoms with Crippen molar-refractivity contribution in [2.45, 2.75) is 31.6 Å². The lowest BCUT2D eigenvalue weighted by Crippen LogP contribution is -2.37. The van der Waals surface area contributed by atoms with E-state index in [1.807, 2.05) is 17.8 Å². The summed E-state index contributed by atoms with van der Waals surface area (Å²) >= 11 is 1.86. The average Bonchev–Trinajstić information content (AvgIpc) is 2.62. The summed E-state index contributed by atoms with van der Waals surface area (Å²) < 4.78 is 0. The second kappa shape index (κ2) is 7.75. The molecule has 1 amide bonds. The molecule has 0 aromatic heterocycles. The van der Waals surface area contributed by atoms with Crippen LogP contribution in [0.4, 0.5) is 11.4 Å². The fourth-order valence-corrected chi connectivity index (χ4v) is 4.20. The van der Waals surface area contributed by atoms with Gasteiger partial charge in [0.2, 0.25) is 5.91 Å². The van der Waals surface area contributed by atoms with Gasteiger partial charge in [-0.25, -0.2) is 0 Å². The molecule has 3 rings (SSSR count). The van der Waals surface area contributed by atoms with Crippen LogP contribution in [-0.4, -0.2) is 24.7 Å². The van der Waals surface area contributed by atoms with Gasteiger partial charge in [-0.1, -0.05) is 44.2 Å². The molecule has 0 aliphatic carbocycles. The number of aryl methyl sites for hydroxylation is 2. The molecule has 1 aliphatic heterocycles. The van der Waals surface area contributed by atoms with Crippen molar-refractivity contribution in [2.24, 2.45) is 0 Å². The molecule has 0 saturated carbocycles. The normalized spacial score (nSPS) is 13.5. The van der Waals surface area contributed by atoms with E-state index in [1.165, 1.54) is 21.7 Å². The van der Waals surface area contributed by atoms with E-state index in [9.17, 15) is 4.79 Å². The number of nitrogens with zero attached hydrogens (tertiary/aromatic N) is 1. The fourth-order valence-electron chi connectivity index (χ4n) is 3.15. The van der Waals surface area contributed by atoms with Crippen LogP contribution < -0.4 is 10.2 Å². The minimum Gasteiger partial charge on any atom is -0.360 e. The number of nitrogens with one attached hydrogen (secondary N) is 1. The molecule has 24 heavy (non-hydrogen) atoms. The van der Waals surface area contributed by atoms with Gasteiger partial charge in [0.15, 0.2) is 0 Å². The smallest absolute Gasteiger partial charge is 0.243 e. The minimum absolute atomic E-state index is 0.0623. The molecule has 0 atom stereocenters. The molecule has 0 saturated heterocycles. The zero-order valence-corrected chi connectivity index (χ0v) is 15.2. The highest BCUT2D eigenvalue weighted by Gasteiger charge is 2.20. The van der Waals surface area contributed by atoms with Crippen LogP contribution in [0.25, 0.3) is 0 Å². The maximum absolute atomic E-state index is 12.7. The Morgan fingerprint density at radius 1 is 1.08 bits per heavy atom. The standard InChI is InChI=1S/C20H24N2OS/c1-3-15-8-7-9-16(4-2)20(15)21-19(23)14-22-12-13-24-18-11-6-5-10-17(18)22/h5-11H,3-4,12-14H2,1-2H3,(H,21,23). The monoisotopic (exact) mass is 340 g/mol. The Morgan fingerprint density at radius 3 is 2.50 bits per heavy atom. The van der Waals surface area contributed by atoms with E-state index in [2.05, 4.69) is 60.5 Å². The topological polar surface area (TPSA) is 32.3 Å². The molecule has 0 fully saturated rings.